The van der Waals surface area contributed by atoms with Crippen molar-refractivity contribution in [2.75, 3.05) is 0 Å². The van der Waals surface area contributed by atoms with Crippen molar-refractivity contribution < 1.29 is 4.39 Å². The average molecular weight is 193 g/mol. The molecule has 2 heterocycles. The van der Waals surface area contributed by atoms with Crippen LogP contribution in [0.25, 0.3) is 5.82 Å². The maximum Gasteiger partial charge on any atom is 0.191 e. The quantitative estimate of drug-likeness (QED) is 0.742. The molecule has 0 bridgehead atoms. The van der Waals surface area contributed by atoms with E-state index < -0.39 is 5.82 Å². The molecule has 2 aromatic heterocycles. The van der Waals surface area contributed by atoms with Crippen LogP contribution in [-0.2, 0) is 6.54 Å². The van der Waals surface area contributed by atoms with E-state index in [2.05, 4.69) is 15.1 Å². The minimum atomic E-state index is -0.444. The molecule has 0 aliphatic carbocycles. The van der Waals surface area contributed by atoms with Crippen molar-refractivity contribution in [1.29, 1.82) is 0 Å². The van der Waals surface area contributed by atoms with Crippen molar-refractivity contribution in [2.24, 2.45) is 5.73 Å². The Morgan fingerprint density at radius 2 is 2.29 bits per heavy atom. The van der Waals surface area contributed by atoms with Gasteiger partial charge in [0.1, 0.15) is 6.33 Å². The molecule has 0 saturated carbocycles. The highest BCUT2D eigenvalue weighted by atomic mass is 19.1. The van der Waals surface area contributed by atoms with Crippen molar-refractivity contribution >= 4 is 0 Å². The zero-order chi connectivity index (χ0) is 9.97. The third kappa shape index (κ3) is 1.47. The average Bonchev–Trinajstić information content (AvgIpc) is 2.67. The van der Waals surface area contributed by atoms with Crippen LogP contribution in [0, 0.1) is 5.82 Å². The van der Waals surface area contributed by atoms with Crippen molar-refractivity contribution in [3.05, 3.63) is 36.3 Å². The summed E-state index contributed by atoms with van der Waals surface area (Å²) in [7, 11) is 0. The minimum Gasteiger partial charge on any atom is -0.324 e. The summed E-state index contributed by atoms with van der Waals surface area (Å²) in [6.45, 7) is 0.224. The SMILES string of the molecule is NCc1ncn(-c2ncccc2F)n1. The molecule has 0 radical (unpaired) electrons. The predicted octanol–water partition coefficient (Wildman–Crippen LogP) is 0.260. The van der Waals surface area contributed by atoms with E-state index in [4.69, 9.17) is 5.73 Å². The van der Waals surface area contributed by atoms with Crippen molar-refractivity contribution in [3.8, 4) is 5.82 Å². The van der Waals surface area contributed by atoms with E-state index >= 15 is 0 Å². The lowest BCUT2D eigenvalue weighted by Crippen LogP contribution is -2.03. The Hall–Kier alpha value is -1.82. The molecule has 5 nitrogen and oxygen atoms in total. The number of pyridine rings is 1. The fourth-order valence-corrected chi connectivity index (χ4v) is 1.04. The molecule has 0 saturated heterocycles. The normalized spacial score (nSPS) is 10.4. The smallest absolute Gasteiger partial charge is 0.191 e. The van der Waals surface area contributed by atoms with Gasteiger partial charge < -0.3 is 5.73 Å². The summed E-state index contributed by atoms with van der Waals surface area (Å²) in [6.07, 6.45) is 2.87. The van der Waals surface area contributed by atoms with Crippen LogP contribution in [0.15, 0.2) is 24.7 Å². The van der Waals surface area contributed by atoms with Gasteiger partial charge in [0.25, 0.3) is 0 Å². The van der Waals surface area contributed by atoms with Gasteiger partial charge in [-0.1, -0.05) is 0 Å². The van der Waals surface area contributed by atoms with Crippen molar-refractivity contribution in [1.82, 2.24) is 19.7 Å². The first-order valence-electron chi connectivity index (χ1n) is 4.03. The molecule has 0 spiro atoms. The Labute approximate surface area is 79.4 Å². The van der Waals surface area contributed by atoms with Crippen LogP contribution < -0.4 is 5.73 Å². The van der Waals surface area contributed by atoms with Crippen LogP contribution >= 0.6 is 0 Å². The van der Waals surface area contributed by atoms with Gasteiger partial charge in [-0.2, -0.15) is 4.68 Å². The number of hydrogen-bond acceptors (Lipinski definition) is 4. The van der Waals surface area contributed by atoms with E-state index in [1.165, 1.54) is 29.3 Å². The Morgan fingerprint density at radius 1 is 1.43 bits per heavy atom. The van der Waals surface area contributed by atoms with Gasteiger partial charge in [0.05, 0.1) is 6.54 Å². The molecule has 0 atom stereocenters. The first kappa shape index (κ1) is 8.76. The standard InChI is InChI=1S/C8H8FN5/c9-6-2-1-3-11-8(6)14-5-12-7(4-10)13-14/h1-3,5H,4,10H2. The van der Waals surface area contributed by atoms with Crippen LogP contribution in [0.3, 0.4) is 0 Å². The van der Waals surface area contributed by atoms with Crippen molar-refractivity contribution in [3.63, 3.8) is 0 Å². The third-order valence-electron chi connectivity index (χ3n) is 1.68. The summed E-state index contributed by atoms with van der Waals surface area (Å²) in [4.78, 5) is 7.71. The lowest BCUT2D eigenvalue weighted by atomic mass is 10.4. The molecular formula is C8H8FN5. The fourth-order valence-electron chi connectivity index (χ4n) is 1.04. The van der Waals surface area contributed by atoms with E-state index in [0.29, 0.717) is 5.82 Å². The Balaban J connectivity index is 2.44. The van der Waals surface area contributed by atoms with Crippen LogP contribution in [0.2, 0.25) is 0 Å². The van der Waals surface area contributed by atoms with E-state index in [1.807, 2.05) is 0 Å². The zero-order valence-corrected chi connectivity index (χ0v) is 7.26. The first-order chi connectivity index (χ1) is 6.81. The molecule has 0 fully saturated rings. The Bertz CT molecular complexity index is 439. The van der Waals surface area contributed by atoms with E-state index in [0.717, 1.165) is 0 Å². The molecule has 0 aliphatic rings. The van der Waals surface area contributed by atoms with Gasteiger partial charge >= 0.3 is 0 Å². The molecule has 0 unspecified atom stereocenters. The highest BCUT2D eigenvalue weighted by molar-refractivity contribution is 5.21. The minimum absolute atomic E-state index is 0.125. The molecule has 2 N–H and O–H groups in total. The maximum atomic E-state index is 13.2. The monoisotopic (exact) mass is 193 g/mol. The summed E-state index contributed by atoms with van der Waals surface area (Å²) >= 11 is 0. The van der Waals surface area contributed by atoms with E-state index in [-0.39, 0.29) is 12.4 Å². The van der Waals surface area contributed by atoms with Crippen LogP contribution in [0.4, 0.5) is 4.39 Å². The summed E-state index contributed by atoms with van der Waals surface area (Å²) < 4.78 is 14.5. The van der Waals surface area contributed by atoms with Gasteiger partial charge in [-0.15, -0.1) is 5.10 Å². The van der Waals surface area contributed by atoms with Crippen LogP contribution in [0.5, 0.6) is 0 Å². The summed E-state index contributed by atoms with van der Waals surface area (Å²) in [5, 5.41) is 3.94. The lowest BCUT2D eigenvalue weighted by molar-refractivity contribution is 0.599. The maximum absolute atomic E-state index is 13.2. The molecule has 0 amide bonds. The highest BCUT2D eigenvalue weighted by Crippen LogP contribution is 2.06. The summed E-state index contributed by atoms with van der Waals surface area (Å²) in [6, 6.07) is 2.83. The molecule has 14 heavy (non-hydrogen) atoms. The summed E-state index contributed by atoms with van der Waals surface area (Å²) in [5.41, 5.74) is 5.33. The Kier molecular flexibility index (Phi) is 2.19. The number of aromatic nitrogens is 4. The van der Waals surface area contributed by atoms with Gasteiger partial charge in [-0.05, 0) is 12.1 Å². The first-order valence-corrected chi connectivity index (χ1v) is 4.03. The van der Waals surface area contributed by atoms with Gasteiger partial charge in [0.15, 0.2) is 17.5 Å². The Morgan fingerprint density at radius 3 is 2.93 bits per heavy atom. The second kappa shape index (κ2) is 3.51. The number of nitrogens with two attached hydrogens (primary N) is 1. The lowest BCUT2D eigenvalue weighted by Gasteiger charge is -1.98. The van der Waals surface area contributed by atoms with Crippen LogP contribution in [-0.4, -0.2) is 19.7 Å². The summed E-state index contributed by atoms with van der Waals surface area (Å²) in [5.74, 6) is 0.135. The van der Waals surface area contributed by atoms with Gasteiger partial charge in [0.2, 0.25) is 0 Å². The predicted molar refractivity (Wildman–Crippen MR) is 47.0 cm³/mol. The molecule has 0 aromatic carbocycles. The van der Waals surface area contributed by atoms with Crippen molar-refractivity contribution in [2.45, 2.75) is 6.54 Å². The largest absolute Gasteiger partial charge is 0.324 e. The third-order valence-corrected chi connectivity index (χ3v) is 1.68. The fraction of sp³-hybridized carbons (Fsp3) is 0.125. The number of rotatable bonds is 2. The second-order valence-corrected chi connectivity index (χ2v) is 2.62. The topological polar surface area (TPSA) is 69.6 Å². The number of hydrogen-bond donors (Lipinski definition) is 1. The molecule has 72 valence electrons. The van der Waals surface area contributed by atoms with Gasteiger partial charge in [0, 0.05) is 6.20 Å². The zero-order valence-electron chi connectivity index (χ0n) is 7.26. The molecule has 2 rings (SSSR count). The van der Waals surface area contributed by atoms with Gasteiger partial charge in [-0.3, -0.25) is 0 Å². The molecule has 0 aliphatic heterocycles. The highest BCUT2D eigenvalue weighted by Gasteiger charge is 2.06. The van der Waals surface area contributed by atoms with E-state index in [1.54, 1.807) is 0 Å². The molecular weight excluding hydrogens is 185 g/mol. The second-order valence-electron chi connectivity index (χ2n) is 2.62. The molecule has 2 aromatic rings. The number of nitrogens with zero attached hydrogens (tertiary/aromatic N) is 4. The van der Waals surface area contributed by atoms with Gasteiger partial charge in [-0.25, -0.2) is 14.4 Å². The van der Waals surface area contributed by atoms with Crippen LogP contribution in [0.1, 0.15) is 5.82 Å². The van der Waals surface area contributed by atoms with E-state index in [9.17, 15) is 4.39 Å². The molecule has 6 heteroatoms. The number of halogens is 1.